The summed E-state index contributed by atoms with van der Waals surface area (Å²) in [6.07, 6.45) is 4.29. The molecule has 2 saturated heterocycles. The minimum atomic E-state index is -0.0326. The van der Waals surface area contributed by atoms with E-state index in [1.165, 1.54) is 0 Å². The van der Waals surface area contributed by atoms with Crippen molar-refractivity contribution in [2.75, 3.05) is 32.7 Å². The Balaban J connectivity index is 1.36. The number of fused-ring (bicyclic) bond motifs is 1. The number of amides is 3. The van der Waals surface area contributed by atoms with Crippen molar-refractivity contribution in [3.8, 4) is 0 Å². The normalized spacial score (nSPS) is 20.1. The Morgan fingerprint density at radius 1 is 0.926 bits per heavy atom. The van der Waals surface area contributed by atoms with Crippen molar-refractivity contribution < 1.29 is 9.59 Å². The number of nitrogens with one attached hydrogen (secondary N) is 1. The number of piperidine rings is 1. The van der Waals surface area contributed by atoms with E-state index in [0.717, 1.165) is 62.6 Å². The second kappa shape index (κ2) is 7.99. The number of urea groups is 1. The molecule has 0 radical (unpaired) electrons. The third-order valence-electron chi connectivity index (χ3n) is 5.75. The van der Waals surface area contributed by atoms with Crippen LogP contribution in [0.5, 0.6) is 0 Å². The lowest BCUT2D eigenvalue weighted by Crippen LogP contribution is -2.48. The molecular formula is C22H27N3O2. The molecule has 0 bridgehead atoms. The fourth-order valence-electron chi connectivity index (χ4n) is 4.27. The van der Waals surface area contributed by atoms with E-state index in [-0.39, 0.29) is 11.9 Å². The molecule has 2 aliphatic heterocycles. The molecule has 4 rings (SSSR count). The molecule has 0 aromatic heterocycles. The Hall–Kier alpha value is -2.56. The number of carbonyl (C=O) groups excluding carboxylic acids is 2. The Bertz CT molecular complexity index is 824. The van der Waals surface area contributed by atoms with E-state index in [4.69, 9.17) is 0 Å². The zero-order valence-electron chi connectivity index (χ0n) is 15.7. The van der Waals surface area contributed by atoms with Crippen LogP contribution in [0, 0.1) is 5.92 Å². The van der Waals surface area contributed by atoms with Gasteiger partial charge in [-0.15, -0.1) is 0 Å². The van der Waals surface area contributed by atoms with Crippen LogP contribution in [0.3, 0.4) is 0 Å². The van der Waals surface area contributed by atoms with Gasteiger partial charge in [0.25, 0.3) is 5.91 Å². The molecule has 3 amide bonds. The minimum Gasteiger partial charge on any atom is -0.352 e. The van der Waals surface area contributed by atoms with Gasteiger partial charge in [0.2, 0.25) is 0 Å². The molecule has 27 heavy (non-hydrogen) atoms. The quantitative estimate of drug-likeness (QED) is 0.905. The topological polar surface area (TPSA) is 52.7 Å². The maximum atomic E-state index is 12.7. The molecule has 2 aromatic rings. The number of hydrogen-bond donors (Lipinski definition) is 1. The van der Waals surface area contributed by atoms with E-state index >= 15 is 0 Å². The van der Waals surface area contributed by atoms with Crippen molar-refractivity contribution in [3.05, 3.63) is 48.0 Å². The highest BCUT2D eigenvalue weighted by Gasteiger charge is 2.28. The summed E-state index contributed by atoms with van der Waals surface area (Å²) in [6.45, 7) is 3.97. The average molecular weight is 365 g/mol. The van der Waals surface area contributed by atoms with Gasteiger partial charge in [-0.3, -0.25) is 4.79 Å². The molecule has 2 aromatic carbocycles. The monoisotopic (exact) mass is 365 g/mol. The van der Waals surface area contributed by atoms with Crippen LogP contribution in [0.4, 0.5) is 4.79 Å². The molecule has 2 heterocycles. The summed E-state index contributed by atoms with van der Waals surface area (Å²) in [5.74, 6) is 0.291. The van der Waals surface area contributed by atoms with Crippen LogP contribution in [0.15, 0.2) is 42.5 Å². The van der Waals surface area contributed by atoms with Gasteiger partial charge < -0.3 is 15.1 Å². The lowest BCUT2D eigenvalue weighted by Gasteiger charge is -2.35. The fraction of sp³-hybridized carbons (Fsp3) is 0.455. The minimum absolute atomic E-state index is 0.0326. The number of likely N-dealkylation sites (tertiary alicyclic amines) is 2. The summed E-state index contributed by atoms with van der Waals surface area (Å²) < 4.78 is 0. The Morgan fingerprint density at radius 2 is 1.67 bits per heavy atom. The number of nitrogens with zero attached hydrogens (tertiary/aromatic N) is 2. The maximum absolute atomic E-state index is 12.7. The van der Waals surface area contributed by atoms with E-state index in [2.05, 4.69) is 5.32 Å². The van der Waals surface area contributed by atoms with Crippen LogP contribution in [0.1, 0.15) is 36.0 Å². The molecular weight excluding hydrogens is 338 g/mol. The highest BCUT2D eigenvalue weighted by Crippen LogP contribution is 2.21. The Morgan fingerprint density at radius 3 is 2.52 bits per heavy atom. The van der Waals surface area contributed by atoms with Crippen molar-refractivity contribution in [1.29, 1.82) is 0 Å². The van der Waals surface area contributed by atoms with Crippen molar-refractivity contribution in [3.63, 3.8) is 0 Å². The number of hydrogen-bond acceptors (Lipinski definition) is 2. The first-order valence-electron chi connectivity index (χ1n) is 10.0. The van der Waals surface area contributed by atoms with Gasteiger partial charge >= 0.3 is 6.03 Å². The largest absolute Gasteiger partial charge is 0.352 e. The summed E-state index contributed by atoms with van der Waals surface area (Å²) in [5, 5.41) is 5.15. The van der Waals surface area contributed by atoms with Crippen LogP contribution in [-0.4, -0.2) is 54.5 Å². The van der Waals surface area contributed by atoms with Gasteiger partial charge in [-0.05, 0) is 48.4 Å². The first-order valence-corrected chi connectivity index (χ1v) is 10.0. The molecule has 1 N–H and O–H groups in total. The molecule has 2 fully saturated rings. The summed E-state index contributed by atoms with van der Waals surface area (Å²) in [5.41, 5.74) is 0.717. The maximum Gasteiger partial charge on any atom is 0.320 e. The summed E-state index contributed by atoms with van der Waals surface area (Å²) in [4.78, 5) is 29.3. The zero-order valence-corrected chi connectivity index (χ0v) is 15.7. The molecule has 5 nitrogen and oxygen atoms in total. The smallest absolute Gasteiger partial charge is 0.320 e. The predicted molar refractivity (Wildman–Crippen MR) is 107 cm³/mol. The van der Waals surface area contributed by atoms with Crippen LogP contribution in [0.2, 0.25) is 0 Å². The molecule has 5 heteroatoms. The van der Waals surface area contributed by atoms with E-state index in [1.807, 2.05) is 52.3 Å². The zero-order chi connectivity index (χ0) is 18.6. The average Bonchev–Trinajstić information content (AvgIpc) is 3.26. The van der Waals surface area contributed by atoms with Crippen molar-refractivity contribution in [2.45, 2.75) is 25.7 Å². The molecule has 2 aliphatic rings. The highest BCUT2D eigenvalue weighted by molar-refractivity contribution is 6.07. The SMILES string of the molecule is O=C(NC[C@@H]1CCCN(C(=O)N2CCCC2)C1)c1cccc2ccccc12. The van der Waals surface area contributed by atoms with Gasteiger partial charge in [-0.25, -0.2) is 4.79 Å². The lowest BCUT2D eigenvalue weighted by molar-refractivity contribution is 0.0935. The molecule has 1 atom stereocenters. The van der Waals surface area contributed by atoms with Gasteiger partial charge in [0.15, 0.2) is 0 Å². The van der Waals surface area contributed by atoms with E-state index in [1.54, 1.807) is 0 Å². The van der Waals surface area contributed by atoms with E-state index in [9.17, 15) is 9.59 Å². The number of carbonyl (C=O) groups is 2. The van der Waals surface area contributed by atoms with Crippen LogP contribution in [0.25, 0.3) is 10.8 Å². The highest BCUT2D eigenvalue weighted by atomic mass is 16.2. The fourth-order valence-corrected chi connectivity index (χ4v) is 4.27. The third kappa shape index (κ3) is 3.92. The van der Waals surface area contributed by atoms with Gasteiger partial charge in [-0.1, -0.05) is 36.4 Å². The van der Waals surface area contributed by atoms with Gasteiger partial charge in [0, 0.05) is 38.3 Å². The van der Waals surface area contributed by atoms with Crippen molar-refractivity contribution >= 4 is 22.7 Å². The first-order chi connectivity index (χ1) is 13.2. The van der Waals surface area contributed by atoms with Crippen LogP contribution < -0.4 is 5.32 Å². The molecule has 0 aliphatic carbocycles. The second-order valence-corrected chi connectivity index (χ2v) is 7.67. The van der Waals surface area contributed by atoms with Gasteiger partial charge in [0.05, 0.1) is 0 Å². The van der Waals surface area contributed by atoms with Crippen molar-refractivity contribution in [1.82, 2.24) is 15.1 Å². The van der Waals surface area contributed by atoms with Gasteiger partial charge in [0.1, 0.15) is 0 Å². The van der Waals surface area contributed by atoms with E-state index < -0.39 is 0 Å². The third-order valence-corrected chi connectivity index (χ3v) is 5.75. The molecule has 0 spiro atoms. The van der Waals surface area contributed by atoms with Crippen LogP contribution in [-0.2, 0) is 0 Å². The molecule has 142 valence electrons. The first kappa shape index (κ1) is 17.8. The number of benzene rings is 2. The van der Waals surface area contributed by atoms with E-state index in [0.29, 0.717) is 18.0 Å². The summed E-state index contributed by atoms with van der Waals surface area (Å²) in [6, 6.07) is 14.0. The number of rotatable bonds is 3. The predicted octanol–water partition coefficient (Wildman–Crippen LogP) is 3.50. The summed E-state index contributed by atoms with van der Waals surface area (Å²) >= 11 is 0. The molecule has 0 saturated carbocycles. The Labute approximate surface area is 160 Å². The van der Waals surface area contributed by atoms with Gasteiger partial charge in [-0.2, -0.15) is 0 Å². The van der Waals surface area contributed by atoms with Crippen LogP contribution >= 0.6 is 0 Å². The lowest BCUT2D eigenvalue weighted by atomic mass is 9.97. The molecule has 0 unspecified atom stereocenters. The second-order valence-electron chi connectivity index (χ2n) is 7.67. The standard InChI is InChI=1S/C22H27N3O2/c26-21(20-11-5-9-18-8-1-2-10-19(18)20)23-15-17-7-6-14-25(16-17)22(27)24-12-3-4-13-24/h1-2,5,8-11,17H,3-4,6-7,12-16H2,(H,23,26)/t17-/m0/s1. The summed E-state index contributed by atoms with van der Waals surface area (Å²) in [7, 11) is 0. The van der Waals surface area contributed by atoms with Crippen molar-refractivity contribution in [2.24, 2.45) is 5.92 Å². The Kier molecular flexibility index (Phi) is 5.28.